The first-order valence-electron chi connectivity index (χ1n) is 5.82. The lowest BCUT2D eigenvalue weighted by molar-refractivity contribution is 0.0954. The minimum atomic E-state index is -0.363. The van der Waals surface area contributed by atoms with Crippen LogP contribution in [0.3, 0.4) is 0 Å². The Balaban J connectivity index is 2.03. The van der Waals surface area contributed by atoms with Crippen LogP contribution in [0.15, 0.2) is 41.5 Å². The molecule has 5 heteroatoms. The average Bonchev–Trinajstić information content (AvgIpc) is 2.70. The lowest BCUT2D eigenvalue weighted by Gasteiger charge is -2.01. The van der Waals surface area contributed by atoms with Crippen LogP contribution in [-0.2, 0) is 7.05 Å². The van der Waals surface area contributed by atoms with Gasteiger partial charge < -0.3 is 9.67 Å². The highest BCUT2D eigenvalue weighted by atomic mass is 16.3. The molecule has 0 aliphatic heterocycles. The predicted molar refractivity (Wildman–Crippen MR) is 73.3 cm³/mol. The lowest BCUT2D eigenvalue weighted by Crippen LogP contribution is -2.17. The molecule has 0 fully saturated rings. The van der Waals surface area contributed by atoms with Crippen LogP contribution in [0.25, 0.3) is 0 Å². The summed E-state index contributed by atoms with van der Waals surface area (Å²) in [4.78, 5) is 11.7. The molecule has 0 saturated heterocycles. The van der Waals surface area contributed by atoms with Crippen LogP contribution < -0.4 is 5.43 Å². The largest absolute Gasteiger partial charge is 0.508 e. The molecule has 2 rings (SSSR count). The molecule has 0 unspecified atom stereocenters. The summed E-state index contributed by atoms with van der Waals surface area (Å²) in [6, 6.07) is 9.99. The second kappa shape index (κ2) is 5.39. The number of carbonyl (C=O) groups excluding carboxylic acids is 1. The summed E-state index contributed by atoms with van der Waals surface area (Å²) in [6.07, 6.45) is 1.58. The van der Waals surface area contributed by atoms with Crippen molar-refractivity contribution in [2.45, 2.75) is 6.92 Å². The number of phenolic OH excluding ortho intramolecular Hbond substituents is 1. The van der Waals surface area contributed by atoms with Crippen molar-refractivity contribution < 1.29 is 9.90 Å². The number of aromatic hydroxyl groups is 1. The van der Waals surface area contributed by atoms with Gasteiger partial charge in [0, 0.05) is 18.3 Å². The van der Waals surface area contributed by atoms with Crippen molar-refractivity contribution in [2.75, 3.05) is 0 Å². The van der Waals surface area contributed by atoms with Crippen molar-refractivity contribution in [3.05, 3.63) is 53.3 Å². The van der Waals surface area contributed by atoms with Crippen LogP contribution in [0.5, 0.6) is 5.75 Å². The molecule has 0 radical (unpaired) electrons. The highest BCUT2D eigenvalue weighted by Gasteiger charge is 2.04. The van der Waals surface area contributed by atoms with E-state index < -0.39 is 0 Å². The molecule has 0 spiro atoms. The molecule has 2 aromatic rings. The molecular formula is C14H15N3O2. The third-order valence-electron chi connectivity index (χ3n) is 2.88. The molecule has 2 N–H and O–H groups in total. The van der Waals surface area contributed by atoms with E-state index in [0.29, 0.717) is 5.56 Å². The van der Waals surface area contributed by atoms with E-state index in [4.69, 9.17) is 0 Å². The summed E-state index contributed by atoms with van der Waals surface area (Å²) >= 11 is 0. The first-order valence-corrected chi connectivity index (χ1v) is 5.82. The first-order chi connectivity index (χ1) is 9.08. The molecule has 1 amide bonds. The number of carbonyl (C=O) groups is 1. The fourth-order valence-corrected chi connectivity index (χ4v) is 1.63. The van der Waals surface area contributed by atoms with Gasteiger partial charge in [0.05, 0.1) is 11.9 Å². The van der Waals surface area contributed by atoms with Gasteiger partial charge in [-0.1, -0.05) is 6.07 Å². The zero-order chi connectivity index (χ0) is 13.8. The molecule has 19 heavy (non-hydrogen) atoms. The maximum Gasteiger partial charge on any atom is 0.271 e. The highest BCUT2D eigenvalue weighted by Crippen LogP contribution is 2.10. The van der Waals surface area contributed by atoms with Crippen LogP contribution in [0.2, 0.25) is 0 Å². The zero-order valence-corrected chi connectivity index (χ0v) is 10.8. The van der Waals surface area contributed by atoms with Gasteiger partial charge in [0.25, 0.3) is 5.91 Å². The molecule has 98 valence electrons. The molecule has 1 heterocycles. The van der Waals surface area contributed by atoms with Crippen LogP contribution in [-0.4, -0.2) is 21.8 Å². The first kappa shape index (κ1) is 12.9. The molecular weight excluding hydrogens is 242 g/mol. The second-order valence-corrected chi connectivity index (χ2v) is 4.21. The Hall–Kier alpha value is -2.56. The SMILES string of the molecule is Cc1ccc(/C=N\NC(=O)c2cccc(O)c2)n1C. The van der Waals surface area contributed by atoms with Crippen LogP contribution in [0, 0.1) is 6.92 Å². The van der Waals surface area contributed by atoms with E-state index in [1.807, 2.05) is 30.7 Å². The number of nitrogens with zero attached hydrogens (tertiary/aromatic N) is 2. The van der Waals surface area contributed by atoms with Crippen molar-refractivity contribution in [2.24, 2.45) is 12.1 Å². The van der Waals surface area contributed by atoms with Gasteiger partial charge in [0.15, 0.2) is 0 Å². The molecule has 5 nitrogen and oxygen atoms in total. The maximum atomic E-state index is 11.7. The van der Waals surface area contributed by atoms with E-state index in [1.165, 1.54) is 12.1 Å². The monoisotopic (exact) mass is 257 g/mol. The number of benzene rings is 1. The van der Waals surface area contributed by atoms with Gasteiger partial charge in [-0.25, -0.2) is 5.43 Å². The van der Waals surface area contributed by atoms with Crippen LogP contribution in [0.1, 0.15) is 21.7 Å². The third-order valence-corrected chi connectivity index (χ3v) is 2.88. The summed E-state index contributed by atoms with van der Waals surface area (Å²) in [6.45, 7) is 1.99. The van der Waals surface area contributed by atoms with Gasteiger partial charge >= 0.3 is 0 Å². The number of hydrogen-bond donors (Lipinski definition) is 2. The number of aromatic nitrogens is 1. The van der Waals surface area contributed by atoms with Gasteiger partial charge in [-0.2, -0.15) is 5.10 Å². The molecule has 0 aliphatic carbocycles. The Bertz CT molecular complexity index is 629. The molecule has 0 atom stereocenters. The normalized spacial score (nSPS) is 10.8. The van der Waals surface area contributed by atoms with Gasteiger partial charge in [-0.05, 0) is 37.3 Å². The van der Waals surface area contributed by atoms with Crippen LogP contribution >= 0.6 is 0 Å². The summed E-state index contributed by atoms with van der Waals surface area (Å²) in [5.41, 5.74) is 4.79. The average molecular weight is 257 g/mol. The topological polar surface area (TPSA) is 66.6 Å². The Kier molecular flexibility index (Phi) is 3.66. The standard InChI is InChI=1S/C14H15N3O2/c1-10-6-7-12(17(10)2)9-15-16-14(19)11-4-3-5-13(18)8-11/h3-9,18H,1-2H3,(H,16,19)/b15-9-. The fourth-order valence-electron chi connectivity index (χ4n) is 1.63. The Morgan fingerprint density at radius 2 is 2.16 bits per heavy atom. The number of amides is 1. The zero-order valence-electron chi connectivity index (χ0n) is 10.8. The van der Waals surface area contributed by atoms with E-state index in [0.717, 1.165) is 11.4 Å². The third kappa shape index (κ3) is 3.01. The second-order valence-electron chi connectivity index (χ2n) is 4.21. The molecule has 0 bridgehead atoms. The van der Waals surface area contributed by atoms with Gasteiger partial charge in [-0.3, -0.25) is 4.79 Å². The van der Waals surface area contributed by atoms with Gasteiger partial charge in [-0.15, -0.1) is 0 Å². The Morgan fingerprint density at radius 1 is 1.37 bits per heavy atom. The Labute approximate surface area is 111 Å². The number of aryl methyl sites for hydroxylation is 1. The summed E-state index contributed by atoms with van der Waals surface area (Å²) < 4.78 is 1.96. The fraction of sp³-hybridized carbons (Fsp3) is 0.143. The summed E-state index contributed by atoms with van der Waals surface area (Å²) in [7, 11) is 1.92. The van der Waals surface area contributed by atoms with E-state index in [2.05, 4.69) is 10.5 Å². The van der Waals surface area contributed by atoms with E-state index in [9.17, 15) is 9.90 Å². The van der Waals surface area contributed by atoms with Crippen molar-refractivity contribution in [3.8, 4) is 5.75 Å². The van der Waals surface area contributed by atoms with Crippen LogP contribution in [0.4, 0.5) is 0 Å². The number of rotatable bonds is 3. The number of hydrogen-bond acceptors (Lipinski definition) is 3. The molecule has 0 saturated carbocycles. The Morgan fingerprint density at radius 3 is 2.79 bits per heavy atom. The van der Waals surface area contributed by atoms with Crippen molar-refractivity contribution >= 4 is 12.1 Å². The van der Waals surface area contributed by atoms with Crippen molar-refractivity contribution in [1.29, 1.82) is 0 Å². The van der Waals surface area contributed by atoms with Gasteiger partial charge in [0.2, 0.25) is 0 Å². The highest BCUT2D eigenvalue weighted by molar-refractivity contribution is 5.95. The summed E-state index contributed by atoms with van der Waals surface area (Å²) in [5.74, 6) is -0.312. The summed E-state index contributed by atoms with van der Waals surface area (Å²) in [5, 5.41) is 13.2. The van der Waals surface area contributed by atoms with Crippen molar-refractivity contribution in [3.63, 3.8) is 0 Å². The van der Waals surface area contributed by atoms with Crippen molar-refractivity contribution in [1.82, 2.24) is 9.99 Å². The van der Waals surface area contributed by atoms with Gasteiger partial charge in [0.1, 0.15) is 5.75 Å². The predicted octanol–water partition coefficient (Wildman–Crippen LogP) is 1.80. The van der Waals surface area contributed by atoms with E-state index in [1.54, 1.807) is 18.3 Å². The lowest BCUT2D eigenvalue weighted by atomic mass is 10.2. The van der Waals surface area contributed by atoms with E-state index in [-0.39, 0.29) is 11.7 Å². The minimum absolute atomic E-state index is 0.0506. The number of nitrogens with one attached hydrogen (secondary N) is 1. The molecule has 1 aromatic carbocycles. The number of phenols is 1. The minimum Gasteiger partial charge on any atom is -0.508 e. The maximum absolute atomic E-state index is 11.7. The quantitative estimate of drug-likeness (QED) is 0.650. The smallest absolute Gasteiger partial charge is 0.271 e. The molecule has 1 aromatic heterocycles. The molecule has 0 aliphatic rings. The number of hydrazone groups is 1. The van der Waals surface area contributed by atoms with E-state index >= 15 is 0 Å².